The quantitative estimate of drug-likeness (QED) is 0.256. The SMILES string of the molecule is CCCCCCCCCC(CCCCC)OC(=O)c1cc(F)ccc1F. The lowest BCUT2D eigenvalue weighted by molar-refractivity contribution is 0.0243. The van der Waals surface area contributed by atoms with E-state index in [0.717, 1.165) is 63.1 Å². The number of esters is 1. The second kappa shape index (κ2) is 13.7. The van der Waals surface area contributed by atoms with E-state index in [1.807, 2.05) is 0 Å². The van der Waals surface area contributed by atoms with Crippen LogP contribution in [0.15, 0.2) is 18.2 Å². The van der Waals surface area contributed by atoms with E-state index >= 15 is 0 Å². The average molecular weight is 369 g/mol. The number of ether oxygens (including phenoxy) is 1. The smallest absolute Gasteiger partial charge is 0.341 e. The lowest BCUT2D eigenvalue weighted by Gasteiger charge is -2.18. The molecule has 0 saturated carbocycles. The highest BCUT2D eigenvalue weighted by Crippen LogP contribution is 2.19. The first kappa shape index (κ1) is 22.6. The molecule has 1 rings (SSSR count). The second-order valence-corrected chi connectivity index (χ2v) is 7.06. The van der Waals surface area contributed by atoms with Crippen LogP contribution in [0, 0.1) is 11.6 Å². The molecular weight excluding hydrogens is 334 g/mol. The summed E-state index contributed by atoms with van der Waals surface area (Å²) in [5.74, 6) is -2.13. The molecule has 1 unspecified atom stereocenters. The third-order valence-corrected chi connectivity index (χ3v) is 4.68. The van der Waals surface area contributed by atoms with Crippen molar-refractivity contribution >= 4 is 5.97 Å². The number of benzene rings is 1. The molecule has 0 aromatic heterocycles. The monoisotopic (exact) mass is 368 g/mol. The number of hydrogen-bond donors (Lipinski definition) is 0. The van der Waals surface area contributed by atoms with Gasteiger partial charge in [0.05, 0.1) is 5.56 Å². The maximum atomic E-state index is 13.8. The van der Waals surface area contributed by atoms with E-state index < -0.39 is 17.6 Å². The summed E-state index contributed by atoms with van der Waals surface area (Å²) in [6.07, 6.45) is 12.9. The van der Waals surface area contributed by atoms with E-state index in [-0.39, 0.29) is 11.7 Å². The summed E-state index contributed by atoms with van der Waals surface area (Å²) in [5, 5.41) is 0. The van der Waals surface area contributed by atoms with Crippen molar-refractivity contribution in [2.75, 3.05) is 0 Å². The van der Waals surface area contributed by atoms with Gasteiger partial charge in [0.2, 0.25) is 0 Å². The Morgan fingerprint density at radius 1 is 0.885 bits per heavy atom. The van der Waals surface area contributed by atoms with Gasteiger partial charge in [0.25, 0.3) is 0 Å². The van der Waals surface area contributed by atoms with Crippen molar-refractivity contribution < 1.29 is 18.3 Å². The van der Waals surface area contributed by atoms with Crippen LogP contribution in [-0.2, 0) is 4.74 Å². The molecule has 2 nitrogen and oxygen atoms in total. The molecule has 4 heteroatoms. The number of carbonyl (C=O) groups is 1. The first-order valence-electron chi connectivity index (χ1n) is 10.2. The predicted molar refractivity (Wildman–Crippen MR) is 102 cm³/mol. The topological polar surface area (TPSA) is 26.3 Å². The van der Waals surface area contributed by atoms with Crippen LogP contribution in [0.25, 0.3) is 0 Å². The van der Waals surface area contributed by atoms with E-state index in [9.17, 15) is 13.6 Å². The van der Waals surface area contributed by atoms with Crippen LogP contribution < -0.4 is 0 Å². The molecule has 0 aliphatic carbocycles. The fourth-order valence-corrected chi connectivity index (χ4v) is 3.08. The molecule has 0 saturated heterocycles. The molecule has 1 aromatic carbocycles. The van der Waals surface area contributed by atoms with E-state index in [0.29, 0.717) is 0 Å². The van der Waals surface area contributed by atoms with Crippen molar-refractivity contribution in [3.8, 4) is 0 Å². The molecule has 1 aromatic rings. The van der Waals surface area contributed by atoms with E-state index in [2.05, 4.69) is 13.8 Å². The van der Waals surface area contributed by atoms with Crippen LogP contribution in [0.3, 0.4) is 0 Å². The van der Waals surface area contributed by atoms with Gasteiger partial charge in [0.1, 0.15) is 17.7 Å². The molecule has 0 aliphatic heterocycles. The lowest BCUT2D eigenvalue weighted by Crippen LogP contribution is -2.19. The van der Waals surface area contributed by atoms with Gasteiger partial charge in [-0.3, -0.25) is 0 Å². The Bertz CT molecular complexity index is 517. The normalized spacial score (nSPS) is 12.2. The number of halogens is 2. The van der Waals surface area contributed by atoms with Gasteiger partial charge < -0.3 is 4.74 Å². The maximum Gasteiger partial charge on any atom is 0.341 e. The summed E-state index contributed by atoms with van der Waals surface area (Å²) in [6, 6.07) is 2.88. The van der Waals surface area contributed by atoms with Crippen LogP contribution in [0.4, 0.5) is 8.78 Å². The third-order valence-electron chi connectivity index (χ3n) is 4.68. The Hall–Kier alpha value is -1.45. The molecule has 1 atom stereocenters. The molecule has 0 radical (unpaired) electrons. The molecular formula is C22H34F2O2. The first-order chi connectivity index (χ1) is 12.6. The predicted octanol–water partition coefficient (Wildman–Crippen LogP) is 7.21. The zero-order valence-corrected chi connectivity index (χ0v) is 16.4. The van der Waals surface area contributed by atoms with Gasteiger partial charge in [-0.1, -0.05) is 65.2 Å². The standard InChI is InChI=1S/C22H34F2O2/c1-3-5-7-8-9-10-12-14-19(13-11-6-4-2)26-22(25)20-17-18(23)15-16-21(20)24/h15-17,19H,3-14H2,1-2H3. The van der Waals surface area contributed by atoms with Gasteiger partial charge in [0.15, 0.2) is 0 Å². The zero-order chi connectivity index (χ0) is 19.2. The number of hydrogen-bond acceptors (Lipinski definition) is 2. The van der Waals surface area contributed by atoms with E-state index in [4.69, 9.17) is 4.74 Å². The molecule has 0 aliphatic rings. The van der Waals surface area contributed by atoms with Crippen LogP contribution in [-0.4, -0.2) is 12.1 Å². The minimum atomic E-state index is -0.758. The fraction of sp³-hybridized carbons (Fsp3) is 0.682. The van der Waals surface area contributed by atoms with Gasteiger partial charge in [-0.25, -0.2) is 13.6 Å². The molecule has 0 amide bonds. The summed E-state index contributed by atoms with van der Waals surface area (Å²) in [6.45, 7) is 4.33. The van der Waals surface area contributed by atoms with Crippen molar-refractivity contribution in [3.05, 3.63) is 35.4 Å². The highest BCUT2D eigenvalue weighted by atomic mass is 19.1. The second-order valence-electron chi connectivity index (χ2n) is 7.06. The highest BCUT2D eigenvalue weighted by Gasteiger charge is 2.19. The van der Waals surface area contributed by atoms with Crippen LogP contribution >= 0.6 is 0 Å². The largest absolute Gasteiger partial charge is 0.459 e. The van der Waals surface area contributed by atoms with Gasteiger partial charge in [0, 0.05) is 0 Å². The molecule has 148 valence electrons. The highest BCUT2D eigenvalue weighted by molar-refractivity contribution is 5.89. The van der Waals surface area contributed by atoms with Crippen molar-refractivity contribution in [1.82, 2.24) is 0 Å². The average Bonchev–Trinajstić information content (AvgIpc) is 2.62. The summed E-state index contributed by atoms with van der Waals surface area (Å²) < 4.78 is 32.6. The molecule has 0 spiro atoms. The summed E-state index contributed by atoms with van der Waals surface area (Å²) in [5.41, 5.74) is -0.315. The summed E-state index contributed by atoms with van der Waals surface area (Å²) >= 11 is 0. The van der Waals surface area contributed by atoms with Crippen LogP contribution in [0.5, 0.6) is 0 Å². The van der Waals surface area contributed by atoms with Crippen molar-refractivity contribution in [1.29, 1.82) is 0 Å². The Balaban J connectivity index is 2.48. The number of unbranched alkanes of at least 4 members (excludes halogenated alkanes) is 8. The Morgan fingerprint density at radius 3 is 2.08 bits per heavy atom. The lowest BCUT2D eigenvalue weighted by atomic mass is 10.0. The van der Waals surface area contributed by atoms with Gasteiger partial charge >= 0.3 is 5.97 Å². The fourth-order valence-electron chi connectivity index (χ4n) is 3.08. The Morgan fingerprint density at radius 2 is 1.42 bits per heavy atom. The van der Waals surface area contributed by atoms with Crippen LogP contribution in [0.2, 0.25) is 0 Å². The van der Waals surface area contributed by atoms with Gasteiger partial charge in [-0.2, -0.15) is 0 Å². The molecule has 26 heavy (non-hydrogen) atoms. The van der Waals surface area contributed by atoms with Crippen molar-refractivity contribution in [2.24, 2.45) is 0 Å². The minimum absolute atomic E-state index is 0.215. The molecule has 0 N–H and O–H groups in total. The molecule has 0 bridgehead atoms. The van der Waals surface area contributed by atoms with E-state index in [1.165, 1.54) is 32.1 Å². The third kappa shape index (κ3) is 9.30. The Labute approximate surface area is 157 Å². The molecule has 0 heterocycles. The maximum absolute atomic E-state index is 13.8. The summed E-state index contributed by atoms with van der Waals surface area (Å²) in [4.78, 5) is 12.2. The minimum Gasteiger partial charge on any atom is -0.459 e. The number of rotatable bonds is 14. The van der Waals surface area contributed by atoms with E-state index in [1.54, 1.807) is 0 Å². The van der Waals surface area contributed by atoms with Crippen LogP contribution in [0.1, 0.15) is 101 Å². The van der Waals surface area contributed by atoms with Gasteiger partial charge in [-0.05, 0) is 43.9 Å². The molecule has 0 fully saturated rings. The Kier molecular flexibility index (Phi) is 11.9. The summed E-state index contributed by atoms with van der Waals surface area (Å²) in [7, 11) is 0. The number of carbonyl (C=O) groups excluding carboxylic acids is 1. The van der Waals surface area contributed by atoms with Crippen molar-refractivity contribution in [2.45, 2.75) is 97.0 Å². The zero-order valence-electron chi connectivity index (χ0n) is 16.4. The van der Waals surface area contributed by atoms with Gasteiger partial charge in [-0.15, -0.1) is 0 Å². The first-order valence-corrected chi connectivity index (χ1v) is 10.2. The van der Waals surface area contributed by atoms with Crippen molar-refractivity contribution in [3.63, 3.8) is 0 Å².